The molecule has 0 bridgehead atoms. The van der Waals surface area contributed by atoms with Crippen LogP contribution in [0.4, 0.5) is 0 Å². The lowest BCUT2D eigenvalue weighted by molar-refractivity contribution is 0.789. The third-order valence-electron chi connectivity index (χ3n) is 14.0. The van der Waals surface area contributed by atoms with E-state index in [1.807, 2.05) is 0 Å². The van der Waals surface area contributed by atoms with Crippen molar-refractivity contribution in [2.75, 3.05) is 0 Å². The van der Waals surface area contributed by atoms with Gasteiger partial charge in [0, 0.05) is 22.4 Å². The first-order chi connectivity index (χ1) is 31.3. The Labute approximate surface area is 367 Å². The third kappa shape index (κ3) is 5.30. The molecule has 10 aromatic carbocycles. The first-order valence-corrected chi connectivity index (χ1v) is 22.0. The standard InChI is InChI=1S/C62H41N/c1-3-15-41(16-4-1)42-27-31-44(32-28-42)61(45-33-29-43(30-34-45)46-36-38-60-54(39-46)53-22-10-14-26-59(53)63(60)48-17-5-2-6-18-48)47-35-37-52-51-21-9-13-25-57(51)62(58(52)40-47)55-23-11-7-19-49(55)50-20-8-12-24-56(50)62/h1-40,61H. The maximum atomic E-state index is 2.55. The summed E-state index contributed by atoms with van der Waals surface area (Å²) in [6, 6.07) is 90.3. The molecule has 2 aliphatic carbocycles. The summed E-state index contributed by atoms with van der Waals surface area (Å²) in [4.78, 5) is 0. The third-order valence-corrected chi connectivity index (χ3v) is 14.0. The van der Waals surface area contributed by atoms with Gasteiger partial charge in [0.2, 0.25) is 0 Å². The fraction of sp³-hybridized carbons (Fsp3) is 0.0323. The number of rotatable bonds is 6. The van der Waals surface area contributed by atoms with Gasteiger partial charge in [0.25, 0.3) is 0 Å². The van der Waals surface area contributed by atoms with Crippen LogP contribution in [-0.4, -0.2) is 4.57 Å². The summed E-state index contributed by atoms with van der Waals surface area (Å²) in [7, 11) is 0. The second-order valence-electron chi connectivity index (χ2n) is 17.2. The van der Waals surface area contributed by atoms with E-state index in [1.54, 1.807) is 0 Å². The normalized spacial score (nSPS) is 13.5. The molecule has 63 heavy (non-hydrogen) atoms. The lowest BCUT2D eigenvalue weighted by Crippen LogP contribution is -2.26. The average molecular weight is 800 g/mol. The van der Waals surface area contributed by atoms with Crippen molar-refractivity contribution < 1.29 is 0 Å². The number of aromatic nitrogens is 1. The second kappa shape index (κ2) is 14.0. The first kappa shape index (κ1) is 35.7. The minimum atomic E-state index is -0.400. The van der Waals surface area contributed by atoms with E-state index in [0.29, 0.717) is 0 Å². The molecule has 0 amide bonds. The molecule has 0 aliphatic heterocycles. The van der Waals surface area contributed by atoms with E-state index < -0.39 is 5.41 Å². The number of benzene rings is 10. The van der Waals surface area contributed by atoms with E-state index in [-0.39, 0.29) is 5.92 Å². The number of nitrogens with zero attached hydrogens (tertiary/aromatic N) is 1. The fourth-order valence-corrected chi connectivity index (χ4v) is 11.2. The summed E-state index contributed by atoms with van der Waals surface area (Å²) in [5, 5.41) is 2.52. The molecule has 0 fully saturated rings. The van der Waals surface area contributed by atoms with Crippen molar-refractivity contribution in [3.63, 3.8) is 0 Å². The molecule has 0 saturated carbocycles. The van der Waals surface area contributed by atoms with E-state index in [4.69, 9.17) is 0 Å². The van der Waals surface area contributed by atoms with E-state index in [0.717, 1.165) is 0 Å². The van der Waals surface area contributed by atoms with Crippen LogP contribution in [0.5, 0.6) is 0 Å². The minimum absolute atomic E-state index is 0.00755. The van der Waals surface area contributed by atoms with Gasteiger partial charge in [0.05, 0.1) is 16.4 Å². The average Bonchev–Trinajstić information content (AvgIpc) is 3.96. The Kier molecular flexibility index (Phi) is 7.95. The van der Waals surface area contributed by atoms with Gasteiger partial charge in [-0.05, 0) is 114 Å². The van der Waals surface area contributed by atoms with Crippen molar-refractivity contribution in [1.82, 2.24) is 4.57 Å². The molecule has 1 heteroatoms. The van der Waals surface area contributed by atoms with Gasteiger partial charge in [0.15, 0.2) is 0 Å². The Hall–Kier alpha value is -8.00. The Balaban J connectivity index is 0.968. The monoisotopic (exact) mass is 799 g/mol. The van der Waals surface area contributed by atoms with Crippen LogP contribution in [0.15, 0.2) is 243 Å². The highest BCUT2D eigenvalue weighted by atomic mass is 15.0. The van der Waals surface area contributed by atoms with Crippen LogP contribution in [0.25, 0.3) is 72.0 Å². The summed E-state index contributed by atoms with van der Waals surface area (Å²) < 4.78 is 2.38. The van der Waals surface area contributed by atoms with Crippen molar-refractivity contribution >= 4 is 21.8 Å². The predicted octanol–water partition coefficient (Wildman–Crippen LogP) is 15.6. The van der Waals surface area contributed by atoms with Crippen LogP contribution in [-0.2, 0) is 5.41 Å². The van der Waals surface area contributed by atoms with Crippen LogP contribution in [0.3, 0.4) is 0 Å². The molecule has 1 heterocycles. The summed E-state index contributed by atoms with van der Waals surface area (Å²) in [6.45, 7) is 0. The van der Waals surface area contributed by atoms with E-state index >= 15 is 0 Å². The van der Waals surface area contributed by atoms with Crippen LogP contribution in [0.1, 0.15) is 44.9 Å². The van der Waals surface area contributed by atoms with Gasteiger partial charge in [-0.15, -0.1) is 0 Å². The molecule has 11 aromatic rings. The molecule has 13 rings (SSSR count). The molecule has 0 N–H and O–H groups in total. The zero-order valence-electron chi connectivity index (χ0n) is 34.6. The number of para-hydroxylation sites is 2. The molecular formula is C62H41N. The van der Waals surface area contributed by atoms with E-state index in [1.165, 1.54) is 111 Å². The highest BCUT2D eigenvalue weighted by molar-refractivity contribution is 6.10. The van der Waals surface area contributed by atoms with Crippen molar-refractivity contribution in [2.24, 2.45) is 0 Å². The van der Waals surface area contributed by atoms with Gasteiger partial charge in [0.1, 0.15) is 0 Å². The van der Waals surface area contributed by atoms with Crippen LogP contribution >= 0.6 is 0 Å². The van der Waals surface area contributed by atoms with Gasteiger partial charge in [-0.1, -0.05) is 212 Å². The van der Waals surface area contributed by atoms with Crippen LogP contribution in [0.2, 0.25) is 0 Å². The summed E-state index contributed by atoms with van der Waals surface area (Å²) in [6.07, 6.45) is 0. The maximum Gasteiger partial charge on any atom is 0.0725 e. The molecule has 0 saturated heterocycles. The first-order valence-electron chi connectivity index (χ1n) is 22.0. The van der Waals surface area contributed by atoms with Crippen LogP contribution < -0.4 is 0 Å². The maximum absolute atomic E-state index is 2.55. The highest BCUT2D eigenvalue weighted by Crippen LogP contribution is 2.63. The van der Waals surface area contributed by atoms with Gasteiger partial charge in [-0.3, -0.25) is 0 Å². The molecular weight excluding hydrogens is 759 g/mol. The van der Waals surface area contributed by atoms with Gasteiger partial charge in [-0.25, -0.2) is 0 Å². The topological polar surface area (TPSA) is 4.93 Å². The Bertz CT molecular complexity index is 3480. The SMILES string of the molecule is c1ccc(-c2ccc(C(c3ccc(-c4ccc5c(c4)c4ccccc4n5-c4ccccc4)cc3)c3ccc4c(c3)C3(c5ccccc5-c5ccccc53)c3ccccc3-4)cc2)cc1. The number of hydrogen-bond acceptors (Lipinski definition) is 0. The molecule has 1 spiro atoms. The quantitative estimate of drug-likeness (QED) is 0.148. The fourth-order valence-electron chi connectivity index (χ4n) is 11.2. The zero-order valence-corrected chi connectivity index (χ0v) is 34.6. The van der Waals surface area contributed by atoms with Crippen molar-refractivity contribution in [1.29, 1.82) is 0 Å². The Morgan fingerprint density at radius 1 is 0.286 bits per heavy atom. The molecule has 1 unspecified atom stereocenters. The van der Waals surface area contributed by atoms with Gasteiger partial charge in [-0.2, -0.15) is 0 Å². The summed E-state index contributed by atoms with van der Waals surface area (Å²) >= 11 is 0. The largest absolute Gasteiger partial charge is 0.309 e. The van der Waals surface area contributed by atoms with Crippen molar-refractivity contribution in [3.05, 3.63) is 282 Å². The predicted molar refractivity (Wildman–Crippen MR) is 262 cm³/mol. The van der Waals surface area contributed by atoms with Crippen molar-refractivity contribution in [3.8, 4) is 50.2 Å². The van der Waals surface area contributed by atoms with Gasteiger partial charge >= 0.3 is 0 Å². The summed E-state index contributed by atoms with van der Waals surface area (Å²) in [5.41, 5.74) is 22.7. The Morgan fingerprint density at radius 2 is 0.730 bits per heavy atom. The molecule has 294 valence electrons. The van der Waals surface area contributed by atoms with E-state index in [2.05, 4.69) is 247 Å². The van der Waals surface area contributed by atoms with E-state index in [9.17, 15) is 0 Å². The smallest absolute Gasteiger partial charge is 0.0725 e. The van der Waals surface area contributed by atoms with Crippen molar-refractivity contribution in [2.45, 2.75) is 11.3 Å². The Morgan fingerprint density at radius 3 is 1.35 bits per heavy atom. The molecule has 1 atom stereocenters. The summed E-state index contributed by atoms with van der Waals surface area (Å²) in [5.74, 6) is 0.00755. The molecule has 1 nitrogen and oxygen atoms in total. The highest BCUT2D eigenvalue weighted by Gasteiger charge is 2.51. The molecule has 1 aromatic heterocycles. The lowest BCUT2D eigenvalue weighted by atomic mass is 9.70. The molecule has 2 aliphatic rings. The van der Waals surface area contributed by atoms with Gasteiger partial charge < -0.3 is 4.57 Å². The second-order valence-corrected chi connectivity index (χ2v) is 17.2. The minimum Gasteiger partial charge on any atom is -0.309 e. The zero-order chi connectivity index (χ0) is 41.5. The number of fused-ring (bicyclic) bond motifs is 13. The lowest BCUT2D eigenvalue weighted by Gasteiger charge is -2.31. The van der Waals surface area contributed by atoms with Crippen LogP contribution in [0, 0.1) is 0 Å². The number of hydrogen-bond donors (Lipinski definition) is 0. The molecule has 0 radical (unpaired) electrons.